The Morgan fingerprint density at radius 3 is 2.29 bits per heavy atom. The molecule has 0 saturated heterocycles. The molecule has 3 aliphatic carbocycles. The molecule has 0 radical (unpaired) electrons. The molecule has 0 fully saturated rings. The van der Waals surface area contributed by atoms with Crippen LogP contribution in [0, 0.1) is 0 Å². The molecule has 4 heterocycles. The lowest BCUT2D eigenvalue weighted by molar-refractivity contribution is 0.703. The highest BCUT2D eigenvalue weighted by Crippen LogP contribution is 2.52. The Kier molecular flexibility index (Phi) is 8.98. The van der Waals surface area contributed by atoms with Gasteiger partial charge in [0.25, 0.3) is 0 Å². The standard InChI is InChI=1S/C57H45N5/c1-4-15-38(16-5-1)42-21-12-23-45(35-42)61-52-33-29-40-22-14-34-58-56(40)55(52)47-31-28-44(37-53(47)61)43-30-32-51-48(36-43)46-24-10-11-26-50(46)62(51)54-27-13-25-49(39-17-6-2-7-18-39)59-57(60-54)41-19-8-3-9-20-41/h1-8,11-12,14-19,21-23,26-37,52,55H,9-10,13,20,24-25H2/b54-27+,59-49?,60-57-. The highest BCUT2D eigenvalue weighted by Gasteiger charge is 2.42. The summed E-state index contributed by atoms with van der Waals surface area (Å²) in [6, 6.07) is 48.8. The lowest BCUT2D eigenvalue weighted by Crippen LogP contribution is -2.31. The number of pyridine rings is 1. The molecule has 2 aliphatic heterocycles. The molecule has 0 saturated carbocycles. The predicted molar refractivity (Wildman–Crippen MR) is 258 cm³/mol. The van der Waals surface area contributed by atoms with Crippen LogP contribution in [-0.2, 0) is 6.42 Å². The van der Waals surface area contributed by atoms with E-state index in [1.54, 1.807) is 0 Å². The maximum atomic E-state index is 5.47. The van der Waals surface area contributed by atoms with Crippen molar-refractivity contribution in [3.8, 4) is 22.3 Å². The van der Waals surface area contributed by atoms with Gasteiger partial charge in [-0.2, -0.15) is 0 Å². The van der Waals surface area contributed by atoms with E-state index in [4.69, 9.17) is 15.0 Å². The number of amidine groups is 1. The summed E-state index contributed by atoms with van der Waals surface area (Å²) in [5, 5.41) is 1.29. The Labute approximate surface area is 362 Å². The first-order valence-electron chi connectivity index (χ1n) is 22.1. The molecule has 0 N–H and O–H groups in total. The topological polar surface area (TPSA) is 45.8 Å². The minimum absolute atomic E-state index is 0.111. The number of aryl methyl sites for hydroxylation is 1. The van der Waals surface area contributed by atoms with Gasteiger partial charge in [0.1, 0.15) is 5.82 Å². The number of aromatic nitrogens is 2. The van der Waals surface area contributed by atoms with Crippen molar-refractivity contribution >= 4 is 51.8 Å². The number of anilines is 2. The summed E-state index contributed by atoms with van der Waals surface area (Å²) >= 11 is 0. The zero-order chi connectivity index (χ0) is 41.0. The number of hydrogen-bond donors (Lipinski definition) is 0. The Morgan fingerprint density at radius 1 is 0.613 bits per heavy atom. The third-order valence-corrected chi connectivity index (χ3v) is 13.2. The molecule has 0 spiro atoms. The van der Waals surface area contributed by atoms with Gasteiger partial charge in [0.15, 0.2) is 5.84 Å². The third kappa shape index (κ3) is 6.27. The molecule has 5 heteroatoms. The number of allylic oxidation sites excluding steroid dienone is 5. The summed E-state index contributed by atoms with van der Waals surface area (Å²) in [5.41, 5.74) is 18.1. The fourth-order valence-corrected chi connectivity index (χ4v) is 10.3. The second-order valence-electron chi connectivity index (χ2n) is 16.9. The molecular formula is C57H45N5. The van der Waals surface area contributed by atoms with Gasteiger partial charge in [-0.25, -0.2) is 9.98 Å². The van der Waals surface area contributed by atoms with E-state index in [0.717, 1.165) is 67.2 Å². The maximum Gasteiger partial charge on any atom is 0.157 e. The largest absolute Gasteiger partial charge is 0.333 e. The molecule has 12 rings (SSSR count). The number of rotatable bonds is 6. The van der Waals surface area contributed by atoms with Gasteiger partial charge in [-0.3, -0.25) is 9.55 Å². The fraction of sp³-hybridized carbons (Fsp3) is 0.140. The van der Waals surface area contributed by atoms with Gasteiger partial charge in [0, 0.05) is 23.0 Å². The van der Waals surface area contributed by atoms with Crippen LogP contribution >= 0.6 is 0 Å². The van der Waals surface area contributed by atoms with E-state index in [1.807, 2.05) is 12.3 Å². The van der Waals surface area contributed by atoms with E-state index in [2.05, 4.69) is 185 Å². The highest BCUT2D eigenvalue weighted by atomic mass is 15.2. The average Bonchev–Trinajstić information content (AvgIpc) is 3.85. The van der Waals surface area contributed by atoms with Crippen LogP contribution in [0.15, 0.2) is 192 Å². The molecule has 2 atom stereocenters. The van der Waals surface area contributed by atoms with E-state index < -0.39 is 0 Å². The molecule has 0 amide bonds. The molecule has 2 unspecified atom stereocenters. The summed E-state index contributed by atoms with van der Waals surface area (Å²) in [4.78, 5) is 18.3. The Balaban J connectivity index is 0.981. The van der Waals surface area contributed by atoms with Crippen LogP contribution in [0.4, 0.5) is 11.4 Å². The second kappa shape index (κ2) is 15.3. The van der Waals surface area contributed by atoms with E-state index in [-0.39, 0.29) is 12.0 Å². The van der Waals surface area contributed by atoms with E-state index in [1.165, 1.54) is 72.5 Å². The fourth-order valence-electron chi connectivity index (χ4n) is 10.3. The molecule has 7 aromatic rings. The van der Waals surface area contributed by atoms with Crippen LogP contribution in [0.1, 0.15) is 71.7 Å². The average molecular weight is 800 g/mol. The van der Waals surface area contributed by atoms with E-state index in [9.17, 15) is 0 Å². The number of hydrogen-bond acceptors (Lipinski definition) is 4. The molecule has 62 heavy (non-hydrogen) atoms. The summed E-state index contributed by atoms with van der Waals surface area (Å²) in [6.07, 6.45) is 25.8. The quantitative estimate of drug-likeness (QED) is 0.168. The van der Waals surface area contributed by atoms with Crippen molar-refractivity contribution in [2.75, 3.05) is 4.90 Å². The minimum atomic E-state index is 0.111. The van der Waals surface area contributed by atoms with Crippen LogP contribution in [0.3, 0.4) is 0 Å². The summed E-state index contributed by atoms with van der Waals surface area (Å²) in [5.74, 6) is 1.90. The van der Waals surface area contributed by atoms with Gasteiger partial charge < -0.3 is 4.90 Å². The molecule has 5 nitrogen and oxygen atoms in total. The molecule has 0 bridgehead atoms. The van der Waals surface area contributed by atoms with Crippen LogP contribution in [0.2, 0.25) is 0 Å². The highest BCUT2D eigenvalue weighted by molar-refractivity contribution is 6.14. The summed E-state index contributed by atoms with van der Waals surface area (Å²) in [6.45, 7) is 0. The first-order valence-corrected chi connectivity index (χ1v) is 22.1. The molecule has 5 aliphatic rings. The van der Waals surface area contributed by atoms with Gasteiger partial charge in [0.05, 0.1) is 34.6 Å². The molecule has 2 aromatic heterocycles. The summed E-state index contributed by atoms with van der Waals surface area (Å²) < 4.78 is 2.40. The molecule has 298 valence electrons. The lowest BCUT2D eigenvalue weighted by Gasteiger charge is -2.31. The first-order chi connectivity index (χ1) is 30.7. The van der Waals surface area contributed by atoms with Crippen molar-refractivity contribution < 1.29 is 0 Å². The normalized spacial score (nSPS) is 20.4. The third-order valence-electron chi connectivity index (χ3n) is 13.2. The number of fused-ring (bicyclic) bond motifs is 8. The van der Waals surface area contributed by atoms with Gasteiger partial charge in [-0.1, -0.05) is 134 Å². The maximum absolute atomic E-state index is 5.47. The Morgan fingerprint density at radius 2 is 1.42 bits per heavy atom. The van der Waals surface area contributed by atoms with E-state index in [0.29, 0.717) is 0 Å². The van der Waals surface area contributed by atoms with Crippen LogP contribution < -0.4 is 4.90 Å². The zero-order valence-corrected chi connectivity index (χ0v) is 34.5. The van der Waals surface area contributed by atoms with Gasteiger partial charge in [0.2, 0.25) is 0 Å². The van der Waals surface area contributed by atoms with Gasteiger partial charge >= 0.3 is 0 Å². The second-order valence-corrected chi connectivity index (χ2v) is 16.9. The number of benzene rings is 5. The van der Waals surface area contributed by atoms with Gasteiger partial charge in [-0.15, -0.1) is 0 Å². The molecule has 5 aromatic carbocycles. The van der Waals surface area contributed by atoms with Crippen molar-refractivity contribution in [2.24, 2.45) is 9.98 Å². The summed E-state index contributed by atoms with van der Waals surface area (Å²) in [7, 11) is 0. The van der Waals surface area contributed by atoms with Crippen molar-refractivity contribution in [3.63, 3.8) is 0 Å². The predicted octanol–water partition coefficient (Wildman–Crippen LogP) is 13.8. The van der Waals surface area contributed by atoms with E-state index >= 15 is 0 Å². The monoisotopic (exact) mass is 799 g/mol. The Hall–Kier alpha value is -7.37. The van der Waals surface area contributed by atoms with Gasteiger partial charge in [-0.05, 0) is 137 Å². The number of aliphatic imine (C=N–C) groups is 2. The van der Waals surface area contributed by atoms with Crippen molar-refractivity contribution in [2.45, 2.75) is 50.5 Å². The first kappa shape index (κ1) is 36.5. The number of nitrogens with zero attached hydrogens (tertiary/aromatic N) is 5. The van der Waals surface area contributed by atoms with Crippen LogP contribution in [0.5, 0.6) is 0 Å². The van der Waals surface area contributed by atoms with Crippen LogP contribution in [0.25, 0.3) is 51.1 Å². The molecular weight excluding hydrogens is 755 g/mol. The zero-order valence-electron chi connectivity index (χ0n) is 34.5. The van der Waals surface area contributed by atoms with Crippen molar-refractivity contribution in [1.82, 2.24) is 9.55 Å². The van der Waals surface area contributed by atoms with Crippen LogP contribution in [-0.4, -0.2) is 27.1 Å². The van der Waals surface area contributed by atoms with Crippen molar-refractivity contribution in [3.05, 3.63) is 215 Å². The Bertz CT molecular complexity index is 3140. The SMILES string of the molecule is C1=CCCC(/C2=N/C(n3c4c(c5cc(-c6ccc7c(c6)N(c6cccc(-c8ccccc8)c6)C6C=Cc8cccnc8C76)ccc53)CCC=C4)=C\CCC(c3ccccc3)=N2)=C1. The smallest absolute Gasteiger partial charge is 0.157 e. The lowest BCUT2D eigenvalue weighted by atomic mass is 9.84. The minimum Gasteiger partial charge on any atom is -0.333 e. The van der Waals surface area contributed by atoms with Crippen molar-refractivity contribution in [1.29, 1.82) is 0 Å².